The molecule has 6 heteroatoms. The molecule has 0 radical (unpaired) electrons. The maximum absolute atomic E-state index is 13.5. The number of benzene rings is 1. The second kappa shape index (κ2) is 6.91. The van der Waals surface area contributed by atoms with E-state index in [-0.39, 0.29) is 28.3 Å². The zero-order valence-corrected chi connectivity index (χ0v) is 14.0. The summed E-state index contributed by atoms with van der Waals surface area (Å²) in [7, 11) is 0. The first-order valence-corrected chi connectivity index (χ1v) is 9.00. The molecule has 1 aromatic rings. The van der Waals surface area contributed by atoms with E-state index in [2.05, 4.69) is 0 Å². The Morgan fingerprint density at radius 2 is 2.09 bits per heavy atom. The summed E-state index contributed by atoms with van der Waals surface area (Å²) in [6.07, 6.45) is 2.46. The van der Waals surface area contributed by atoms with E-state index in [1.165, 1.54) is 23.9 Å². The normalized spacial score (nSPS) is 24.5. The standard InChI is InChI=1S/C17H21FN2O2S/c1-12-16(22)20(10-7-15(21)19-8-2-3-9-19)17(23-12)13-5-4-6-14(18)11-13/h4-6,11-12,17H,2-3,7-10H2,1H3/t12-,17-/m1/s1. The van der Waals surface area contributed by atoms with Gasteiger partial charge in [-0.3, -0.25) is 9.59 Å². The molecule has 2 fully saturated rings. The van der Waals surface area contributed by atoms with Crippen LogP contribution < -0.4 is 0 Å². The average molecular weight is 336 g/mol. The van der Waals surface area contributed by atoms with E-state index >= 15 is 0 Å². The van der Waals surface area contributed by atoms with Crippen LogP contribution in [0.15, 0.2) is 24.3 Å². The van der Waals surface area contributed by atoms with Crippen LogP contribution in [0.2, 0.25) is 0 Å². The molecule has 0 aliphatic carbocycles. The SMILES string of the molecule is C[C@H]1S[C@H](c2cccc(F)c2)N(CCC(=O)N2CCCC2)C1=O. The van der Waals surface area contributed by atoms with Crippen LogP contribution in [0, 0.1) is 5.82 Å². The van der Waals surface area contributed by atoms with Crippen molar-refractivity contribution in [3.8, 4) is 0 Å². The van der Waals surface area contributed by atoms with Gasteiger partial charge in [-0.15, -0.1) is 11.8 Å². The van der Waals surface area contributed by atoms with Crippen molar-refractivity contribution in [1.82, 2.24) is 9.80 Å². The summed E-state index contributed by atoms with van der Waals surface area (Å²) in [5, 5.41) is -0.371. The Morgan fingerprint density at radius 1 is 1.35 bits per heavy atom. The molecule has 0 spiro atoms. The number of nitrogens with zero attached hydrogens (tertiary/aromatic N) is 2. The zero-order chi connectivity index (χ0) is 16.4. The largest absolute Gasteiger partial charge is 0.343 e. The minimum atomic E-state index is -0.303. The number of likely N-dealkylation sites (tertiary alicyclic amines) is 1. The minimum absolute atomic E-state index is 0.0264. The molecule has 0 bridgehead atoms. The maximum Gasteiger partial charge on any atom is 0.236 e. The molecule has 2 aliphatic heterocycles. The highest BCUT2D eigenvalue weighted by molar-refractivity contribution is 8.01. The third kappa shape index (κ3) is 3.52. The molecule has 2 saturated heterocycles. The van der Waals surface area contributed by atoms with Gasteiger partial charge in [0, 0.05) is 26.1 Å². The lowest BCUT2D eigenvalue weighted by Gasteiger charge is -2.25. The summed E-state index contributed by atoms with van der Waals surface area (Å²) in [5.41, 5.74) is 0.779. The summed E-state index contributed by atoms with van der Waals surface area (Å²) < 4.78 is 13.5. The van der Waals surface area contributed by atoms with E-state index in [4.69, 9.17) is 0 Å². The van der Waals surface area contributed by atoms with Gasteiger partial charge in [-0.05, 0) is 37.5 Å². The van der Waals surface area contributed by atoms with Gasteiger partial charge in [-0.25, -0.2) is 4.39 Å². The topological polar surface area (TPSA) is 40.6 Å². The van der Waals surface area contributed by atoms with E-state index < -0.39 is 0 Å². The van der Waals surface area contributed by atoms with Crippen LogP contribution in [0.3, 0.4) is 0 Å². The van der Waals surface area contributed by atoms with Gasteiger partial charge in [-0.2, -0.15) is 0 Å². The first kappa shape index (κ1) is 16.3. The second-order valence-electron chi connectivity index (χ2n) is 6.06. The fraction of sp³-hybridized carbons (Fsp3) is 0.529. The first-order valence-electron chi connectivity index (χ1n) is 8.05. The van der Waals surface area contributed by atoms with Crippen molar-refractivity contribution in [3.05, 3.63) is 35.6 Å². The van der Waals surface area contributed by atoms with E-state index in [1.54, 1.807) is 11.0 Å². The van der Waals surface area contributed by atoms with Crippen molar-refractivity contribution in [2.45, 2.75) is 36.8 Å². The van der Waals surface area contributed by atoms with Crippen molar-refractivity contribution in [3.63, 3.8) is 0 Å². The first-order chi connectivity index (χ1) is 11.1. The number of halogens is 1. The van der Waals surface area contributed by atoms with Gasteiger partial charge in [0.2, 0.25) is 11.8 Å². The molecule has 2 heterocycles. The van der Waals surface area contributed by atoms with Gasteiger partial charge in [0.05, 0.1) is 5.25 Å². The number of carbonyl (C=O) groups is 2. The van der Waals surface area contributed by atoms with Crippen LogP contribution in [0.4, 0.5) is 4.39 Å². The quantitative estimate of drug-likeness (QED) is 0.849. The Balaban J connectivity index is 1.69. The van der Waals surface area contributed by atoms with Gasteiger partial charge in [0.15, 0.2) is 0 Å². The highest BCUT2D eigenvalue weighted by Gasteiger charge is 2.38. The van der Waals surface area contributed by atoms with Crippen LogP contribution >= 0.6 is 11.8 Å². The molecule has 124 valence electrons. The Labute approximate surface area is 140 Å². The van der Waals surface area contributed by atoms with Crippen LogP contribution in [-0.4, -0.2) is 46.5 Å². The van der Waals surface area contributed by atoms with Crippen molar-refractivity contribution in [1.29, 1.82) is 0 Å². The van der Waals surface area contributed by atoms with E-state index in [9.17, 15) is 14.0 Å². The maximum atomic E-state index is 13.5. The van der Waals surface area contributed by atoms with Gasteiger partial charge < -0.3 is 9.80 Å². The molecule has 2 amide bonds. The van der Waals surface area contributed by atoms with Crippen LogP contribution in [0.25, 0.3) is 0 Å². The third-order valence-corrected chi connectivity index (χ3v) is 5.80. The van der Waals surface area contributed by atoms with Crippen molar-refractivity contribution < 1.29 is 14.0 Å². The molecule has 3 rings (SSSR count). The lowest BCUT2D eigenvalue weighted by atomic mass is 10.2. The smallest absolute Gasteiger partial charge is 0.236 e. The number of carbonyl (C=O) groups excluding carboxylic acids is 2. The summed E-state index contributed by atoms with van der Waals surface area (Å²) in [4.78, 5) is 28.2. The van der Waals surface area contributed by atoms with E-state index in [0.29, 0.717) is 13.0 Å². The molecule has 0 N–H and O–H groups in total. The predicted octanol–water partition coefficient (Wildman–Crippen LogP) is 2.80. The third-order valence-electron chi connectivity index (χ3n) is 4.41. The van der Waals surface area contributed by atoms with Gasteiger partial charge in [0.1, 0.15) is 11.2 Å². The van der Waals surface area contributed by atoms with Crippen molar-refractivity contribution >= 4 is 23.6 Å². The fourth-order valence-electron chi connectivity index (χ4n) is 3.16. The number of rotatable bonds is 4. The lowest BCUT2D eigenvalue weighted by molar-refractivity contribution is -0.133. The Bertz CT molecular complexity index is 604. The summed E-state index contributed by atoms with van der Waals surface area (Å²) in [6, 6.07) is 6.36. The van der Waals surface area contributed by atoms with Gasteiger partial charge >= 0.3 is 0 Å². The average Bonchev–Trinajstić information content (AvgIpc) is 3.15. The monoisotopic (exact) mass is 336 g/mol. The van der Waals surface area contributed by atoms with E-state index in [0.717, 1.165) is 31.5 Å². The van der Waals surface area contributed by atoms with Gasteiger partial charge in [0.25, 0.3) is 0 Å². The number of hydrogen-bond acceptors (Lipinski definition) is 3. The molecule has 0 unspecified atom stereocenters. The molecule has 23 heavy (non-hydrogen) atoms. The van der Waals surface area contributed by atoms with Crippen LogP contribution in [0.1, 0.15) is 37.1 Å². The Kier molecular flexibility index (Phi) is 4.90. The summed E-state index contributed by atoms with van der Waals surface area (Å²) in [5.74, 6) is -0.167. The van der Waals surface area contributed by atoms with Crippen molar-refractivity contribution in [2.24, 2.45) is 0 Å². The van der Waals surface area contributed by atoms with Crippen molar-refractivity contribution in [2.75, 3.05) is 19.6 Å². The van der Waals surface area contributed by atoms with Crippen LogP contribution in [0.5, 0.6) is 0 Å². The molecule has 1 aromatic carbocycles. The molecule has 4 nitrogen and oxygen atoms in total. The molecular weight excluding hydrogens is 315 g/mol. The number of hydrogen-bond donors (Lipinski definition) is 0. The fourth-order valence-corrected chi connectivity index (χ4v) is 4.46. The predicted molar refractivity (Wildman–Crippen MR) is 88.3 cm³/mol. The number of amides is 2. The second-order valence-corrected chi connectivity index (χ2v) is 7.48. The highest BCUT2D eigenvalue weighted by atomic mass is 32.2. The molecule has 2 atom stereocenters. The lowest BCUT2D eigenvalue weighted by Crippen LogP contribution is -2.35. The number of thioether (sulfide) groups is 1. The van der Waals surface area contributed by atoms with E-state index in [1.807, 2.05) is 17.9 Å². The Hall–Kier alpha value is -1.56. The van der Waals surface area contributed by atoms with Gasteiger partial charge in [-0.1, -0.05) is 12.1 Å². The molecule has 0 aromatic heterocycles. The zero-order valence-electron chi connectivity index (χ0n) is 13.2. The minimum Gasteiger partial charge on any atom is -0.343 e. The van der Waals surface area contributed by atoms with Crippen LogP contribution in [-0.2, 0) is 9.59 Å². The summed E-state index contributed by atoms with van der Waals surface area (Å²) >= 11 is 1.51. The molecule has 0 saturated carbocycles. The molecule has 2 aliphatic rings. The Morgan fingerprint density at radius 3 is 2.78 bits per heavy atom. The summed E-state index contributed by atoms with van der Waals surface area (Å²) in [6.45, 7) is 3.91. The highest BCUT2D eigenvalue weighted by Crippen LogP contribution is 2.43. The molecular formula is C17H21FN2O2S.